The lowest BCUT2D eigenvalue weighted by molar-refractivity contribution is 0.175. The summed E-state index contributed by atoms with van der Waals surface area (Å²) in [4.78, 5) is 4.99. The predicted octanol–water partition coefficient (Wildman–Crippen LogP) is 2.82. The van der Waals surface area contributed by atoms with Crippen LogP contribution in [0.2, 0.25) is 0 Å². The van der Waals surface area contributed by atoms with Crippen LogP contribution in [0.1, 0.15) is 33.3 Å². The van der Waals surface area contributed by atoms with E-state index in [0.29, 0.717) is 6.04 Å². The van der Waals surface area contributed by atoms with Gasteiger partial charge in [-0.2, -0.15) is 0 Å². The maximum absolute atomic E-state index is 5.73. The first-order chi connectivity index (χ1) is 9.06. The molecule has 0 aliphatic rings. The fraction of sp³-hybridized carbons (Fsp3) is 0.625. The zero-order valence-electron chi connectivity index (χ0n) is 12.9. The monoisotopic (exact) mass is 263 g/mol. The molecule has 3 nitrogen and oxygen atoms in total. The molecule has 19 heavy (non-hydrogen) atoms. The van der Waals surface area contributed by atoms with Crippen LogP contribution < -0.4 is 5.73 Å². The summed E-state index contributed by atoms with van der Waals surface area (Å²) in [6.07, 6.45) is 0. The Morgan fingerprint density at radius 3 is 2.05 bits per heavy atom. The molecule has 0 saturated heterocycles. The van der Waals surface area contributed by atoms with Gasteiger partial charge in [0.2, 0.25) is 0 Å². The Bertz CT molecular complexity index is 342. The van der Waals surface area contributed by atoms with Gasteiger partial charge in [0.25, 0.3) is 0 Å². The third kappa shape index (κ3) is 5.62. The average Bonchev–Trinajstić information content (AvgIpc) is 2.40. The first-order valence-corrected chi connectivity index (χ1v) is 7.37. The Morgan fingerprint density at radius 2 is 1.58 bits per heavy atom. The van der Waals surface area contributed by atoms with Crippen molar-refractivity contribution in [3.63, 3.8) is 0 Å². The predicted molar refractivity (Wildman–Crippen MR) is 84.2 cm³/mol. The van der Waals surface area contributed by atoms with Crippen molar-refractivity contribution in [2.75, 3.05) is 31.9 Å². The molecule has 0 saturated carbocycles. The van der Waals surface area contributed by atoms with Gasteiger partial charge in [-0.15, -0.1) is 0 Å². The molecule has 0 amide bonds. The van der Waals surface area contributed by atoms with Gasteiger partial charge < -0.3 is 10.6 Å². The van der Waals surface area contributed by atoms with E-state index >= 15 is 0 Å². The smallest absolute Gasteiger partial charge is 0.0314 e. The number of nitrogens with zero attached hydrogens (tertiary/aromatic N) is 2. The molecule has 3 heteroatoms. The normalized spacial score (nSPS) is 11.7. The second-order valence-electron chi connectivity index (χ2n) is 5.33. The second-order valence-corrected chi connectivity index (χ2v) is 5.33. The molecule has 0 unspecified atom stereocenters. The van der Waals surface area contributed by atoms with Gasteiger partial charge >= 0.3 is 0 Å². The SMILES string of the molecule is CCN(CC)CCN(Cc1ccc(N)cc1)C(C)C. The minimum absolute atomic E-state index is 0.563. The van der Waals surface area contributed by atoms with Crippen LogP contribution >= 0.6 is 0 Å². The fourth-order valence-corrected chi connectivity index (χ4v) is 2.19. The molecule has 0 spiro atoms. The highest BCUT2D eigenvalue weighted by molar-refractivity contribution is 5.39. The topological polar surface area (TPSA) is 32.5 Å². The van der Waals surface area contributed by atoms with Gasteiger partial charge in [0.1, 0.15) is 0 Å². The van der Waals surface area contributed by atoms with Crippen molar-refractivity contribution in [3.05, 3.63) is 29.8 Å². The van der Waals surface area contributed by atoms with Crippen LogP contribution in [0.3, 0.4) is 0 Å². The van der Waals surface area contributed by atoms with Crippen LogP contribution in [0.25, 0.3) is 0 Å². The van der Waals surface area contributed by atoms with Crippen molar-refractivity contribution in [1.82, 2.24) is 9.80 Å². The van der Waals surface area contributed by atoms with E-state index in [1.165, 1.54) is 5.56 Å². The highest BCUT2D eigenvalue weighted by Gasteiger charge is 2.11. The zero-order valence-corrected chi connectivity index (χ0v) is 12.9. The van der Waals surface area contributed by atoms with Gasteiger partial charge in [0.15, 0.2) is 0 Å². The fourth-order valence-electron chi connectivity index (χ4n) is 2.19. The van der Waals surface area contributed by atoms with Gasteiger partial charge in [-0.1, -0.05) is 26.0 Å². The number of hydrogen-bond donors (Lipinski definition) is 1. The van der Waals surface area contributed by atoms with Gasteiger partial charge in [0.05, 0.1) is 0 Å². The van der Waals surface area contributed by atoms with E-state index in [1.807, 2.05) is 12.1 Å². The van der Waals surface area contributed by atoms with E-state index in [2.05, 4.69) is 49.6 Å². The van der Waals surface area contributed by atoms with E-state index < -0.39 is 0 Å². The van der Waals surface area contributed by atoms with Crippen LogP contribution in [0.4, 0.5) is 5.69 Å². The summed E-state index contributed by atoms with van der Waals surface area (Å²) in [6, 6.07) is 8.79. The van der Waals surface area contributed by atoms with Gasteiger partial charge in [0, 0.05) is 31.4 Å². The van der Waals surface area contributed by atoms with Crippen LogP contribution in [0.15, 0.2) is 24.3 Å². The molecule has 0 heterocycles. The number of likely N-dealkylation sites (N-methyl/N-ethyl adjacent to an activating group) is 1. The first kappa shape index (κ1) is 16.0. The zero-order chi connectivity index (χ0) is 14.3. The number of rotatable bonds is 8. The maximum Gasteiger partial charge on any atom is 0.0314 e. The number of nitrogens with two attached hydrogens (primary N) is 1. The van der Waals surface area contributed by atoms with E-state index in [-0.39, 0.29) is 0 Å². The Morgan fingerprint density at radius 1 is 1.00 bits per heavy atom. The van der Waals surface area contributed by atoms with Crippen molar-refractivity contribution in [1.29, 1.82) is 0 Å². The molecule has 0 aliphatic heterocycles. The lowest BCUT2D eigenvalue weighted by Crippen LogP contribution is -2.38. The molecule has 0 aromatic heterocycles. The van der Waals surface area contributed by atoms with Crippen molar-refractivity contribution >= 4 is 5.69 Å². The summed E-state index contributed by atoms with van der Waals surface area (Å²) in [5, 5.41) is 0. The van der Waals surface area contributed by atoms with Crippen molar-refractivity contribution in [2.45, 2.75) is 40.3 Å². The molecule has 0 radical (unpaired) electrons. The Balaban J connectivity index is 2.55. The Hall–Kier alpha value is -1.06. The number of benzene rings is 1. The summed E-state index contributed by atoms with van der Waals surface area (Å²) >= 11 is 0. The summed E-state index contributed by atoms with van der Waals surface area (Å²) in [5.41, 5.74) is 7.90. The number of nitrogen functional groups attached to an aromatic ring is 1. The molecule has 108 valence electrons. The second kappa shape index (κ2) is 8.18. The standard InChI is InChI=1S/C16H29N3/c1-5-18(6-2)11-12-19(14(3)4)13-15-7-9-16(17)10-8-15/h7-10,14H,5-6,11-13,17H2,1-4H3. The largest absolute Gasteiger partial charge is 0.399 e. The minimum atomic E-state index is 0.563. The molecule has 0 atom stereocenters. The van der Waals surface area contributed by atoms with Crippen LogP contribution in [0, 0.1) is 0 Å². The van der Waals surface area contributed by atoms with Crippen LogP contribution in [-0.4, -0.2) is 42.0 Å². The molecular formula is C16H29N3. The molecular weight excluding hydrogens is 234 g/mol. The molecule has 1 aromatic rings. The van der Waals surface area contributed by atoms with Gasteiger partial charge in [-0.05, 0) is 44.6 Å². The number of anilines is 1. The van der Waals surface area contributed by atoms with Crippen molar-refractivity contribution in [2.24, 2.45) is 0 Å². The van der Waals surface area contributed by atoms with Crippen molar-refractivity contribution < 1.29 is 0 Å². The Kier molecular flexibility index (Phi) is 6.89. The lowest BCUT2D eigenvalue weighted by Gasteiger charge is -2.29. The van der Waals surface area contributed by atoms with Gasteiger partial charge in [-0.3, -0.25) is 4.90 Å². The van der Waals surface area contributed by atoms with E-state index in [9.17, 15) is 0 Å². The third-order valence-electron chi connectivity index (χ3n) is 3.69. The number of hydrogen-bond acceptors (Lipinski definition) is 3. The molecule has 0 bridgehead atoms. The molecule has 1 aromatic carbocycles. The first-order valence-electron chi connectivity index (χ1n) is 7.37. The van der Waals surface area contributed by atoms with Crippen LogP contribution in [0.5, 0.6) is 0 Å². The highest BCUT2D eigenvalue weighted by atomic mass is 15.2. The maximum atomic E-state index is 5.73. The summed E-state index contributed by atoms with van der Waals surface area (Å²) in [5.74, 6) is 0. The molecule has 1 rings (SSSR count). The summed E-state index contributed by atoms with van der Waals surface area (Å²) in [7, 11) is 0. The van der Waals surface area contributed by atoms with E-state index in [4.69, 9.17) is 5.73 Å². The van der Waals surface area contributed by atoms with E-state index in [0.717, 1.165) is 38.4 Å². The highest BCUT2D eigenvalue weighted by Crippen LogP contribution is 2.11. The van der Waals surface area contributed by atoms with Crippen molar-refractivity contribution in [3.8, 4) is 0 Å². The quantitative estimate of drug-likeness (QED) is 0.732. The average molecular weight is 263 g/mol. The summed E-state index contributed by atoms with van der Waals surface area (Å²) < 4.78 is 0. The molecule has 0 aliphatic carbocycles. The molecule has 2 N–H and O–H groups in total. The summed E-state index contributed by atoms with van der Waals surface area (Å²) in [6.45, 7) is 14.5. The lowest BCUT2D eigenvalue weighted by atomic mass is 10.1. The third-order valence-corrected chi connectivity index (χ3v) is 3.69. The Labute approximate surface area is 118 Å². The van der Waals surface area contributed by atoms with E-state index in [1.54, 1.807) is 0 Å². The van der Waals surface area contributed by atoms with Crippen LogP contribution in [-0.2, 0) is 6.54 Å². The van der Waals surface area contributed by atoms with Gasteiger partial charge in [-0.25, -0.2) is 0 Å². The molecule has 0 fully saturated rings. The minimum Gasteiger partial charge on any atom is -0.399 e.